The highest BCUT2D eigenvalue weighted by Crippen LogP contribution is 2.43. The van der Waals surface area contributed by atoms with E-state index in [1.54, 1.807) is 16.8 Å². The second-order valence-electron chi connectivity index (χ2n) is 11.1. The van der Waals surface area contributed by atoms with Gasteiger partial charge in [0, 0.05) is 5.56 Å². The molecule has 1 fully saturated rings. The molecule has 0 amide bonds. The number of benzene rings is 2. The minimum absolute atomic E-state index is 0.0428. The van der Waals surface area contributed by atoms with Gasteiger partial charge in [0.15, 0.2) is 0 Å². The SMILES string of the molecule is CC(C)(C)[C@]1(O)CCCC[C@H]1Nc1nnc(-c2ccc(C(F)(F)F)cc2OCc2ccccc2)c2ccnn12. The van der Waals surface area contributed by atoms with Crippen LogP contribution in [0.3, 0.4) is 0 Å². The Morgan fingerprint density at radius 1 is 1.05 bits per heavy atom. The summed E-state index contributed by atoms with van der Waals surface area (Å²) in [5.41, 5.74) is -0.0726. The topological polar surface area (TPSA) is 84.6 Å². The molecule has 1 saturated carbocycles. The first-order valence-corrected chi connectivity index (χ1v) is 13.0. The molecule has 7 nitrogen and oxygen atoms in total. The Morgan fingerprint density at radius 3 is 2.54 bits per heavy atom. The maximum atomic E-state index is 13.6. The van der Waals surface area contributed by atoms with E-state index in [1.165, 1.54) is 6.07 Å². The number of aromatic nitrogens is 4. The van der Waals surface area contributed by atoms with E-state index in [4.69, 9.17) is 4.74 Å². The molecule has 1 aliphatic carbocycles. The summed E-state index contributed by atoms with van der Waals surface area (Å²) in [6.45, 7) is 6.15. The van der Waals surface area contributed by atoms with Crippen LogP contribution in [0.15, 0.2) is 60.8 Å². The first kappa shape index (κ1) is 26.9. The zero-order valence-electron chi connectivity index (χ0n) is 22.2. The van der Waals surface area contributed by atoms with Crippen LogP contribution in [-0.2, 0) is 12.8 Å². The summed E-state index contributed by atoms with van der Waals surface area (Å²) in [4.78, 5) is 0. The van der Waals surface area contributed by atoms with E-state index >= 15 is 0 Å². The third-order valence-corrected chi connectivity index (χ3v) is 7.61. The minimum Gasteiger partial charge on any atom is -0.488 e. The number of nitrogens with zero attached hydrogens (tertiary/aromatic N) is 4. The van der Waals surface area contributed by atoms with Crippen molar-refractivity contribution < 1.29 is 23.0 Å². The van der Waals surface area contributed by atoms with Crippen LogP contribution in [-0.4, -0.2) is 36.6 Å². The second-order valence-corrected chi connectivity index (χ2v) is 11.1. The number of halogens is 3. The highest BCUT2D eigenvalue weighted by Gasteiger charge is 2.48. The van der Waals surface area contributed by atoms with Gasteiger partial charge in [0.05, 0.1) is 28.9 Å². The largest absolute Gasteiger partial charge is 0.488 e. The highest BCUT2D eigenvalue weighted by molar-refractivity contribution is 5.81. The van der Waals surface area contributed by atoms with E-state index in [-0.39, 0.29) is 23.8 Å². The smallest absolute Gasteiger partial charge is 0.416 e. The molecule has 0 spiro atoms. The molecule has 39 heavy (non-hydrogen) atoms. The van der Waals surface area contributed by atoms with Crippen molar-refractivity contribution in [3.63, 3.8) is 0 Å². The Bertz CT molecular complexity index is 1450. The van der Waals surface area contributed by atoms with Crippen molar-refractivity contribution in [3.05, 3.63) is 71.9 Å². The zero-order valence-corrected chi connectivity index (χ0v) is 22.2. The summed E-state index contributed by atoms with van der Waals surface area (Å²) in [5, 5.41) is 28.2. The third-order valence-electron chi connectivity index (χ3n) is 7.61. The molecule has 1 aliphatic rings. The van der Waals surface area contributed by atoms with Crippen LogP contribution < -0.4 is 10.1 Å². The van der Waals surface area contributed by atoms with Gasteiger partial charge in [-0.2, -0.15) is 22.8 Å². The molecule has 4 aromatic rings. The number of hydrogen-bond donors (Lipinski definition) is 2. The van der Waals surface area contributed by atoms with Crippen molar-refractivity contribution in [1.29, 1.82) is 0 Å². The first-order chi connectivity index (χ1) is 18.5. The Hall–Kier alpha value is -3.66. The van der Waals surface area contributed by atoms with Crippen molar-refractivity contribution in [2.75, 3.05) is 5.32 Å². The molecule has 206 valence electrons. The highest BCUT2D eigenvalue weighted by atomic mass is 19.4. The molecule has 2 heterocycles. The third kappa shape index (κ3) is 5.30. The Kier molecular flexibility index (Phi) is 7.00. The monoisotopic (exact) mass is 539 g/mol. The first-order valence-electron chi connectivity index (χ1n) is 13.0. The Morgan fingerprint density at radius 2 is 1.82 bits per heavy atom. The normalized spacial score (nSPS) is 20.2. The molecule has 0 unspecified atom stereocenters. The summed E-state index contributed by atoms with van der Waals surface area (Å²) in [6.07, 6.45) is 0.383. The van der Waals surface area contributed by atoms with Gasteiger partial charge in [0.2, 0.25) is 5.95 Å². The number of rotatable bonds is 6. The van der Waals surface area contributed by atoms with E-state index in [0.29, 0.717) is 29.1 Å². The fourth-order valence-electron chi connectivity index (χ4n) is 5.27. The number of alkyl halides is 3. The summed E-state index contributed by atoms with van der Waals surface area (Å²) in [6, 6.07) is 14.0. The predicted molar refractivity (Wildman–Crippen MR) is 142 cm³/mol. The van der Waals surface area contributed by atoms with E-state index in [0.717, 1.165) is 37.0 Å². The lowest BCUT2D eigenvalue weighted by atomic mass is 9.65. The van der Waals surface area contributed by atoms with Crippen LogP contribution in [0.5, 0.6) is 5.75 Å². The molecule has 0 radical (unpaired) electrons. The summed E-state index contributed by atoms with van der Waals surface area (Å²) in [5.74, 6) is 0.396. The van der Waals surface area contributed by atoms with Gasteiger partial charge < -0.3 is 15.2 Å². The van der Waals surface area contributed by atoms with E-state index < -0.39 is 17.3 Å². The number of anilines is 1. The predicted octanol–water partition coefficient (Wildman–Crippen LogP) is 6.52. The van der Waals surface area contributed by atoms with Gasteiger partial charge >= 0.3 is 6.18 Å². The van der Waals surface area contributed by atoms with E-state index in [9.17, 15) is 18.3 Å². The van der Waals surface area contributed by atoms with Crippen LogP contribution in [0.1, 0.15) is 57.6 Å². The van der Waals surface area contributed by atoms with Crippen molar-refractivity contribution >= 4 is 11.5 Å². The van der Waals surface area contributed by atoms with E-state index in [2.05, 4.69) is 20.6 Å². The van der Waals surface area contributed by atoms with Gasteiger partial charge in [-0.1, -0.05) is 63.9 Å². The zero-order chi connectivity index (χ0) is 27.8. The number of aliphatic hydroxyl groups is 1. The van der Waals surface area contributed by atoms with Crippen LogP contribution >= 0.6 is 0 Å². The van der Waals surface area contributed by atoms with Crippen molar-refractivity contribution in [2.45, 2.75) is 70.9 Å². The second kappa shape index (κ2) is 10.1. The number of nitrogens with one attached hydrogen (secondary N) is 1. The average Bonchev–Trinajstić information content (AvgIpc) is 3.39. The molecule has 2 N–H and O–H groups in total. The molecule has 5 rings (SSSR count). The number of fused-ring (bicyclic) bond motifs is 1. The molecular formula is C29H32F3N5O2. The molecule has 2 aromatic heterocycles. The minimum atomic E-state index is -4.53. The molecule has 10 heteroatoms. The van der Waals surface area contributed by atoms with Crippen LogP contribution in [0.2, 0.25) is 0 Å². The summed E-state index contributed by atoms with van der Waals surface area (Å²) in [7, 11) is 0. The number of ether oxygens (including phenoxy) is 1. The molecule has 2 atom stereocenters. The lowest BCUT2D eigenvalue weighted by Crippen LogP contribution is -2.57. The Labute approximate surface area is 225 Å². The molecule has 0 aliphatic heterocycles. The summed E-state index contributed by atoms with van der Waals surface area (Å²) >= 11 is 0. The van der Waals surface area contributed by atoms with Gasteiger partial charge in [-0.05, 0) is 48.1 Å². The molecule has 0 bridgehead atoms. The molecule has 0 saturated heterocycles. The van der Waals surface area contributed by atoms with Gasteiger partial charge in [-0.25, -0.2) is 0 Å². The lowest BCUT2D eigenvalue weighted by molar-refractivity contribution is -0.137. The number of hydrogen-bond acceptors (Lipinski definition) is 6. The van der Waals surface area contributed by atoms with Crippen molar-refractivity contribution in [3.8, 4) is 17.0 Å². The van der Waals surface area contributed by atoms with Crippen LogP contribution in [0.4, 0.5) is 19.1 Å². The Balaban J connectivity index is 1.53. The van der Waals surface area contributed by atoms with Crippen LogP contribution in [0, 0.1) is 5.41 Å². The summed E-state index contributed by atoms with van der Waals surface area (Å²) < 4.78 is 48.2. The van der Waals surface area contributed by atoms with Gasteiger partial charge in [0.25, 0.3) is 0 Å². The lowest BCUT2D eigenvalue weighted by Gasteiger charge is -2.48. The molecular weight excluding hydrogens is 507 g/mol. The average molecular weight is 540 g/mol. The van der Waals surface area contributed by atoms with Gasteiger partial charge in [-0.3, -0.25) is 0 Å². The fourth-order valence-corrected chi connectivity index (χ4v) is 5.27. The standard InChI is InChI=1S/C29H32F3N5O2/c1-27(2,3)28(38)15-8-7-11-24(28)34-26-36-35-25(22-14-16-33-37(22)26)21-13-12-20(29(30,31)32)17-23(21)39-18-19-9-5-4-6-10-19/h4-6,9-10,12-14,16-17,24,38H,7-8,11,15,18H2,1-3H3,(H,34,36)/t24-,28+/m1/s1. The van der Waals surface area contributed by atoms with Gasteiger partial charge in [0.1, 0.15) is 18.1 Å². The maximum absolute atomic E-state index is 13.6. The van der Waals surface area contributed by atoms with Crippen molar-refractivity contribution in [1.82, 2.24) is 19.8 Å². The molecule has 2 aromatic carbocycles. The maximum Gasteiger partial charge on any atom is 0.416 e. The quantitative estimate of drug-likeness (QED) is 0.290. The van der Waals surface area contributed by atoms with Gasteiger partial charge in [-0.15, -0.1) is 10.2 Å². The van der Waals surface area contributed by atoms with E-state index in [1.807, 2.05) is 51.1 Å². The van der Waals surface area contributed by atoms with Crippen molar-refractivity contribution in [2.24, 2.45) is 5.41 Å². The fraction of sp³-hybridized carbons (Fsp3) is 0.414. The van der Waals surface area contributed by atoms with Crippen LogP contribution in [0.25, 0.3) is 16.8 Å².